The normalized spacial score (nSPS) is 12.3. The van der Waals surface area contributed by atoms with Gasteiger partial charge in [0.1, 0.15) is 5.56 Å². The number of rotatable bonds is 5. The molecule has 1 atom stereocenters. The van der Waals surface area contributed by atoms with E-state index < -0.39 is 33.7 Å². The monoisotopic (exact) mass is 350 g/mol. The van der Waals surface area contributed by atoms with E-state index in [0.717, 1.165) is 0 Å². The van der Waals surface area contributed by atoms with Gasteiger partial charge >= 0.3 is 0 Å². The first-order chi connectivity index (χ1) is 9.27. The Morgan fingerprint density at radius 3 is 2.40 bits per heavy atom. The lowest BCUT2D eigenvalue weighted by atomic mass is 10.1. The smallest absolute Gasteiger partial charge is 0.285 e. The summed E-state index contributed by atoms with van der Waals surface area (Å²) >= 11 is 3.21. The number of benzene rings is 1. The lowest BCUT2D eigenvalue weighted by Crippen LogP contribution is -2.40. The van der Waals surface area contributed by atoms with Crippen molar-refractivity contribution < 1.29 is 18.5 Å². The summed E-state index contributed by atoms with van der Waals surface area (Å²) in [4.78, 5) is 21.9. The molecule has 0 spiro atoms. The molecule has 8 heteroatoms. The second-order valence-corrected chi connectivity index (χ2v) is 5.17. The van der Waals surface area contributed by atoms with E-state index in [1.54, 1.807) is 0 Å². The molecule has 1 unspecified atom stereocenters. The van der Waals surface area contributed by atoms with E-state index in [1.165, 1.54) is 0 Å². The highest BCUT2D eigenvalue weighted by Gasteiger charge is 2.26. The third-order valence-corrected chi connectivity index (χ3v) is 3.46. The van der Waals surface area contributed by atoms with E-state index in [-0.39, 0.29) is 12.0 Å². The molecule has 1 rings (SSSR count). The Kier molecular flexibility index (Phi) is 5.55. The van der Waals surface area contributed by atoms with Crippen LogP contribution in [-0.4, -0.2) is 22.2 Å². The van der Waals surface area contributed by atoms with Crippen LogP contribution < -0.4 is 5.32 Å². The fourth-order valence-electron chi connectivity index (χ4n) is 1.50. The van der Waals surface area contributed by atoms with Crippen LogP contribution in [0.5, 0.6) is 0 Å². The lowest BCUT2D eigenvalue weighted by molar-refractivity contribution is -0.385. The average Bonchev–Trinajstić information content (AvgIpc) is 2.37. The van der Waals surface area contributed by atoms with Crippen LogP contribution >= 0.6 is 15.9 Å². The zero-order chi connectivity index (χ0) is 15.4. The molecule has 0 heterocycles. The molecular weight excluding hydrogens is 338 g/mol. The minimum absolute atomic E-state index is 0.0719. The Hall–Kier alpha value is -1.57. The summed E-state index contributed by atoms with van der Waals surface area (Å²) in [7, 11) is 0. The van der Waals surface area contributed by atoms with Gasteiger partial charge in [0, 0.05) is 11.4 Å². The van der Waals surface area contributed by atoms with E-state index in [4.69, 9.17) is 0 Å². The Labute approximate surface area is 122 Å². The van der Waals surface area contributed by atoms with Crippen molar-refractivity contribution in [3.05, 3.63) is 39.4 Å². The summed E-state index contributed by atoms with van der Waals surface area (Å²) in [5.41, 5.74) is -1.26. The van der Waals surface area contributed by atoms with Gasteiger partial charge < -0.3 is 5.32 Å². The van der Waals surface area contributed by atoms with Crippen LogP contribution in [-0.2, 0) is 0 Å². The molecule has 0 saturated heterocycles. The molecule has 0 saturated carbocycles. The lowest BCUT2D eigenvalue weighted by Gasteiger charge is -2.19. The number of carbonyl (C=O) groups is 1. The Morgan fingerprint density at radius 1 is 1.40 bits per heavy atom. The van der Waals surface area contributed by atoms with Gasteiger partial charge in [0.2, 0.25) is 0 Å². The van der Waals surface area contributed by atoms with Crippen LogP contribution in [0.15, 0.2) is 12.1 Å². The van der Waals surface area contributed by atoms with Gasteiger partial charge in [-0.15, -0.1) is 0 Å². The van der Waals surface area contributed by atoms with Crippen LogP contribution in [0.3, 0.4) is 0 Å². The van der Waals surface area contributed by atoms with Crippen LogP contribution in [0.2, 0.25) is 0 Å². The standard InChI is InChI=1S/C12H13BrF2N2O3/c1-6(2)10(5-13)16-12(18)7-3-8(14)9(15)4-11(7)17(19)20/h3-4,6,10H,5H2,1-2H3,(H,16,18). The van der Waals surface area contributed by atoms with Crippen molar-refractivity contribution in [3.63, 3.8) is 0 Å². The molecule has 1 amide bonds. The molecule has 0 bridgehead atoms. The highest BCUT2D eigenvalue weighted by molar-refractivity contribution is 9.09. The maximum atomic E-state index is 13.2. The number of hydrogen-bond acceptors (Lipinski definition) is 3. The van der Waals surface area contributed by atoms with Crippen molar-refractivity contribution in [2.75, 3.05) is 5.33 Å². The first kappa shape index (κ1) is 16.5. The zero-order valence-corrected chi connectivity index (χ0v) is 12.4. The maximum Gasteiger partial charge on any atom is 0.285 e. The van der Waals surface area contributed by atoms with E-state index in [1.807, 2.05) is 13.8 Å². The van der Waals surface area contributed by atoms with Gasteiger partial charge in [-0.2, -0.15) is 0 Å². The summed E-state index contributed by atoms with van der Waals surface area (Å²) in [6, 6.07) is 0.659. The second kappa shape index (κ2) is 6.74. The molecule has 0 fully saturated rings. The van der Waals surface area contributed by atoms with Gasteiger partial charge in [-0.3, -0.25) is 14.9 Å². The summed E-state index contributed by atoms with van der Waals surface area (Å²) < 4.78 is 26.2. The van der Waals surface area contributed by atoms with Gasteiger partial charge in [0.05, 0.1) is 11.0 Å². The molecule has 1 aromatic carbocycles. The predicted octanol–water partition coefficient (Wildman–Crippen LogP) is 3.02. The number of nitrogens with one attached hydrogen (secondary N) is 1. The Morgan fingerprint density at radius 2 is 1.95 bits per heavy atom. The minimum atomic E-state index is -1.37. The van der Waals surface area contributed by atoms with E-state index in [9.17, 15) is 23.7 Å². The zero-order valence-electron chi connectivity index (χ0n) is 10.8. The van der Waals surface area contributed by atoms with Crippen molar-refractivity contribution in [1.29, 1.82) is 0 Å². The van der Waals surface area contributed by atoms with Crippen molar-refractivity contribution in [2.24, 2.45) is 5.92 Å². The molecule has 1 N–H and O–H groups in total. The largest absolute Gasteiger partial charge is 0.348 e. The van der Waals surface area contributed by atoms with E-state index in [0.29, 0.717) is 17.5 Å². The number of amides is 1. The van der Waals surface area contributed by atoms with Gasteiger partial charge in [-0.05, 0) is 12.0 Å². The number of nitro benzene ring substituents is 1. The first-order valence-electron chi connectivity index (χ1n) is 5.78. The Bertz CT molecular complexity index is 538. The van der Waals surface area contributed by atoms with Gasteiger partial charge in [0.15, 0.2) is 11.6 Å². The predicted molar refractivity (Wildman–Crippen MR) is 72.9 cm³/mol. The fraction of sp³-hybridized carbons (Fsp3) is 0.417. The van der Waals surface area contributed by atoms with E-state index in [2.05, 4.69) is 21.2 Å². The summed E-state index contributed by atoms with van der Waals surface area (Å²) in [6.07, 6.45) is 0. The van der Waals surface area contributed by atoms with E-state index >= 15 is 0 Å². The third kappa shape index (κ3) is 3.72. The number of hydrogen-bond donors (Lipinski definition) is 1. The number of halogens is 3. The van der Waals surface area contributed by atoms with Crippen molar-refractivity contribution >= 4 is 27.5 Å². The molecule has 0 aliphatic heterocycles. The highest BCUT2D eigenvalue weighted by Crippen LogP contribution is 2.22. The molecular formula is C12H13BrF2N2O3. The fourth-order valence-corrected chi connectivity index (χ4v) is 2.41. The highest BCUT2D eigenvalue weighted by atomic mass is 79.9. The molecule has 0 aliphatic rings. The maximum absolute atomic E-state index is 13.2. The van der Waals surface area contributed by atoms with Crippen molar-refractivity contribution in [1.82, 2.24) is 5.32 Å². The number of nitrogens with zero attached hydrogens (tertiary/aromatic N) is 1. The third-order valence-electron chi connectivity index (χ3n) is 2.77. The van der Waals surface area contributed by atoms with Gasteiger partial charge in [-0.1, -0.05) is 29.8 Å². The molecule has 0 aliphatic carbocycles. The van der Waals surface area contributed by atoms with Crippen LogP contribution in [0.1, 0.15) is 24.2 Å². The van der Waals surface area contributed by atoms with Crippen LogP contribution in [0, 0.1) is 27.7 Å². The average molecular weight is 351 g/mol. The minimum Gasteiger partial charge on any atom is -0.348 e. The SMILES string of the molecule is CC(C)C(CBr)NC(=O)c1cc(F)c(F)cc1[N+](=O)[O-]. The number of alkyl halides is 1. The van der Waals surface area contributed by atoms with Crippen LogP contribution in [0.4, 0.5) is 14.5 Å². The topological polar surface area (TPSA) is 72.2 Å². The quantitative estimate of drug-likeness (QED) is 0.504. The summed E-state index contributed by atoms with van der Waals surface area (Å²) in [6.45, 7) is 3.71. The second-order valence-electron chi connectivity index (χ2n) is 4.52. The first-order valence-corrected chi connectivity index (χ1v) is 6.90. The van der Waals surface area contributed by atoms with Crippen LogP contribution in [0.25, 0.3) is 0 Å². The van der Waals surface area contributed by atoms with Crippen molar-refractivity contribution in [2.45, 2.75) is 19.9 Å². The molecule has 110 valence electrons. The molecule has 0 aromatic heterocycles. The van der Waals surface area contributed by atoms with Gasteiger partial charge in [0.25, 0.3) is 11.6 Å². The summed E-state index contributed by atoms with van der Waals surface area (Å²) in [5.74, 6) is -3.41. The molecule has 0 radical (unpaired) electrons. The molecule has 1 aromatic rings. The van der Waals surface area contributed by atoms with Gasteiger partial charge in [-0.25, -0.2) is 8.78 Å². The molecule has 5 nitrogen and oxygen atoms in total. The molecule has 20 heavy (non-hydrogen) atoms. The summed E-state index contributed by atoms with van der Waals surface area (Å²) in [5, 5.41) is 13.8. The number of nitro groups is 1. The van der Waals surface area contributed by atoms with Crippen molar-refractivity contribution in [3.8, 4) is 0 Å². The number of carbonyl (C=O) groups excluding carboxylic acids is 1. The Balaban J connectivity index is 3.15.